The van der Waals surface area contributed by atoms with Gasteiger partial charge in [-0.3, -0.25) is 4.79 Å². The molecule has 5 heteroatoms. The van der Waals surface area contributed by atoms with Crippen LogP contribution in [0.25, 0.3) is 0 Å². The first-order valence-electron chi connectivity index (χ1n) is 7.45. The minimum absolute atomic E-state index is 0.0464. The molecule has 21 heavy (non-hydrogen) atoms. The maximum Gasteiger partial charge on any atom is 0.288 e. The predicted octanol–water partition coefficient (Wildman–Crippen LogP) is 4.77. The second kappa shape index (κ2) is 6.34. The van der Waals surface area contributed by atoms with Crippen LogP contribution >= 0.6 is 11.8 Å². The van der Waals surface area contributed by atoms with Gasteiger partial charge in [0.1, 0.15) is 0 Å². The summed E-state index contributed by atoms with van der Waals surface area (Å²) >= 11 is 0.474. The number of amides is 1. The van der Waals surface area contributed by atoms with E-state index in [1.54, 1.807) is 24.3 Å². The average molecular weight is 311 g/mol. The molecular formula is C16H19F2NOS. The van der Waals surface area contributed by atoms with Gasteiger partial charge in [0.05, 0.1) is 5.69 Å². The van der Waals surface area contributed by atoms with Crippen molar-refractivity contribution in [1.29, 1.82) is 0 Å². The summed E-state index contributed by atoms with van der Waals surface area (Å²) in [5, 5.41) is 2.81. The lowest BCUT2D eigenvalue weighted by Crippen LogP contribution is -2.20. The number of carbonyl (C=O) groups is 1. The number of rotatable bonds is 5. The van der Waals surface area contributed by atoms with Crippen molar-refractivity contribution in [3.8, 4) is 0 Å². The van der Waals surface area contributed by atoms with Gasteiger partial charge in [0.15, 0.2) is 0 Å². The molecule has 1 aromatic rings. The quantitative estimate of drug-likeness (QED) is 0.794. The number of anilines is 1. The lowest BCUT2D eigenvalue weighted by molar-refractivity contribution is -0.117. The second-order valence-corrected chi connectivity index (χ2v) is 7.09. The number of para-hydroxylation sites is 1. The Kier molecular flexibility index (Phi) is 4.48. The molecular weight excluding hydrogens is 292 g/mol. The number of hydrogen-bond donors (Lipinski definition) is 1. The Morgan fingerprint density at radius 1 is 1.29 bits per heavy atom. The van der Waals surface area contributed by atoms with E-state index in [4.69, 9.17) is 0 Å². The van der Waals surface area contributed by atoms with Crippen LogP contribution in [0.4, 0.5) is 14.5 Å². The van der Waals surface area contributed by atoms with E-state index in [2.05, 4.69) is 5.32 Å². The van der Waals surface area contributed by atoms with Crippen molar-refractivity contribution < 1.29 is 13.6 Å². The SMILES string of the molecule is O=C(C[C@H]1C[C@H]2CC[C@H]1C2)Nc1ccccc1SC(F)F. The Morgan fingerprint density at radius 2 is 2.10 bits per heavy atom. The van der Waals surface area contributed by atoms with Crippen LogP contribution in [-0.2, 0) is 4.79 Å². The van der Waals surface area contributed by atoms with Crippen molar-refractivity contribution >= 4 is 23.4 Å². The fourth-order valence-corrected chi connectivity index (χ4v) is 4.43. The molecule has 2 aliphatic rings. The monoisotopic (exact) mass is 311 g/mol. The lowest BCUT2D eigenvalue weighted by Gasteiger charge is -2.21. The summed E-state index contributed by atoms with van der Waals surface area (Å²) in [7, 11) is 0. The molecule has 2 nitrogen and oxygen atoms in total. The molecule has 114 valence electrons. The van der Waals surface area contributed by atoms with Gasteiger partial charge in [0.25, 0.3) is 5.76 Å². The third kappa shape index (κ3) is 3.57. The van der Waals surface area contributed by atoms with Crippen LogP contribution in [0.1, 0.15) is 32.1 Å². The zero-order valence-corrected chi connectivity index (χ0v) is 12.5. The molecule has 0 aromatic heterocycles. The number of carbonyl (C=O) groups excluding carboxylic acids is 1. The summed E-state index contributed by atoms with van der Waals surface area (Å²) in [6.45, 7) is 0. The highest BCUT2D eigenvalue weighted by Gasteiger charge is 2.40. The molecule has 0 radical (unpaired) electrons. The van der Waals surface area contributed by atoms with Crippen LogP contribution in [0.3, 0.4) is 0 Å². The largest absolute Gasteiger partial charge is 0.325 e. The molecule has 0 heterocycles. The van der Waals surface area contributed by atoms with Crippen LogP contribution < -0.4 is 5.32 Å². The number of halogens is 2. The van der Waals surface area contributed by atoms with E-state index in [0.29, 0.717) is 40.6 Å². The topological polar surface area (TPSA) is 29.1 Å². The number of thioether (sulfide) groups is 1. The van der Waals surface area contributed by atoms with E-state index in [1.807, 2.05) is 0 Å². The third-order valence-corrected chi connectivity index (χ3v) is 5.50. The fourth-order valence-electron chi connectivity index (χ4n) is 3.83. The molecule has 2 fully saturated rings. The molecule has 3 rings (SSSR count). The van der Waals surface area contributed by atoms with Gasteiger partial charge in [0.2, 0.25) is 5.91 Å². The minimum atomic E-state index is -2.48. The molecule has 1 N–H and O–H groups in total. The predicted molar refractivity (Wildman–Crippen MR) is 80.5 cm³/mol. The highest BCUT2D eigenvalue weighted by atomic mass is 32.2. The van der Waals surface area contributed by atoms with Crippen molar-refractivity contribution in [2.45, 2.75) is 42.8 Å². The van der Waals surface area contributed by atoms with Gasteiger partial charge in [-0.25, -0.2) is 0 Å². The Hall–Kier alpha value is -1.10. The van der Waals surface area contributed by atoms with Crippen molar-refractivity contribution in [1.82, 2.24) is 0 Å². The molecule has 0 unspecified atom stereocenters. The average Bonchev–Trinajstić information content (AvgIpc) is 3.02. The summed E-state index contributed by atoms with van der Waals surface area (Å²) in [6, 6.07) is 6.76. The first-order chi connectivity index (χ1) is 10.1. The Morgan fingerprint density at radius 3 is 2.76 bits per heavy atom. The first kappa shape index (κ1) is 14.8. The summed E-state index contributed by atoms with van der Waals surface area (Å²) in [5.74, 6) is -0.525. The van der Waals surface area contributed by atoms with Crippen LogP contribution in [0.5, 0.6) is 0 Å². The molecule has 3 atom stereocenters. The van der Waals surface area contributed by atoms with E-state index in [0.717, 1.165) is 12.3 Å². The molecule has 2 bridgehead atoms. The Labute approximate surface area is 127 Å². The lowest BCUT2D eigenvalue weighted by atomic mass is 9.86. The van der Waals surface area contributed by atoms with Crippen molar-refractivity contribution in [3.63, 3.8) is 0 Å². The molecule has 1 aromatic carbocycles. The maximum absolute atomic E-state index is 12.5. The van der Waals surface area contributed by atoms with Gasteiger partial charge in [0, 0.05) is 11.3 Å². The summed E-state index contributed by atoms with van der Waals surface area (Å²) in [6.07, 6.45) is 5.52. The van der Waals surface area contributed by atoms with Crippen molar-refractivity contribution in [2.24, 2.45) is 17.8 Å². The van der Waals surface area contributed by atoms with Crippen molar-refractivity contribution in [2.75, 3.05) is 5.32 Å². The van der Waals surface area contributed by atoms with Gasteiger partial charge in [-0.2, -0.15) is 8.78 Å². The van der Waals surface area contributed by atoms with Crippen LogP contribution in [0.15, 0.2) is 29.2 Å². The van der Waals surface area contributed by atoms with E-state index < -0.39 is 5.76 Å². The van der Waals surface area contributed by atoms with Crippen LogP contribution in [0, 0.1) is 17.8 Å². The van der Waals surface area contributed by atoms with Gasteiger partial charge >= 0.3 is 0 Å². The highest BCUT2D eigenvalue weighted by molar-refractivity contribution is 7.99. The van der Waals surface area contributed by atoms with Crippen LogP contribution in [-0.4, -0.2) is 11.7 Å². The number of alkyl halides is 2. The third-order valence-electron chi connectivity index (χ3n) is 4.71. The Balaban J connectivity index is 1.60. The van der Waals surface area contributed by atoms with Gasteiger partial charge < -0.3 is 5.32 Å². The van der Waals surface area contributed by atoms with E-state index >= 15 is 0 Å². The van der Waals surface area contributed by atoms with Crippen molar-refractivity contribution in [3.05, 3.63) is 24.3 Å². The Bertz CT molecular complexity index is 523. The number of fused-ring (bicyclic) bond motifs is 2. The molecule has 0 spiro atoms. The fraction of sp³-hybridized carbons (Fsp3) is 0.562. The molecule has 0 aliphatic heterocycles. The number of benzene rings is 1. The van der Waals surface area contributed by atoms with Crippen LogP contribution in [0.2, 0.25) is 0 Å². The molecule has 2 saturated carbocycles. The summed E-state index contributed by atoms with van der Waals surface area (Å²) in [5.41, 5.74) is 0.496. The van der Waals surface area contributed by atoms with Gasteiger partial charge in [-0.15, -0.1) is 0 Å². The summed E-state index contributed by atoms with van der Waals surface area (Å²) < 4.78 is 25.0. The molecule has 2 aliphatic carbocycles. The highest BCUT2D eigenvalue weighted by Crippen LogP contribution is 2.49. The normalized spacial score (nSPS) is 27.3. The standard InChI is InChI=1S/C16H19F2NOS/c17-16(18)21-14-4-2-1-3-13(14)19-15(20)9-12-8-10-5-6-11(12)7-10/h1-4,10-12,16H,5-9H2,(H,19,20)/t10-,11-,12+/m0/s1. The maximum atomic E-state index is 12.5. The first-order valence-corrected chi connectivity index (χ1v) is 8.33. The molecule has 0 saturated heterocycles. The minimum Gasteiger partial charge on any atom is -0.325 e. The van der Waals surface area contributed by atoms with Gasteiger partial charge in [-0.1, -0.05) is 30.3 Å². The number of nitrogens with one attached hydrogen (secondary N) is 1. The zero-order valence-electron chi connectivity index (χ0n) is 11.7. The smallest absolute Gasteiger partial charge is 0.288 e. The van der Waals surface area contributed by atoms with E-state index in [1.165, 1.54) is 19.3 Å². The van der Waals surface area contributed by atoms with E-state index in [-0.39, 0.29) is 5.91 Å². The second-order valence-electron chi connectivity index (χ2n) is 6.06. The number of hydrogen-bond acceptors (Lipinski definition) is 2. The van der Waals surface area contributed by atoms with E-state index in [9.17, 15) is 13.6 Å². The van der Waals surface area contributed by atoms with Gasteiger partial charge in [-0.05, 0) is 49.1 Å². The summed E-state index contributed by atoms with van der Waals surface area (Å²) in [4.78, 5) is 12.6. The molecule has 1 amide bonds. The zero-order chi connectivity index (χ0) is 14.8.